The second-order valence-corrected chi connectivity index (χ2v) is 8.69. The van der Waals surface area contributed by atoms with Crippen LogP contribution in [0.3, 0.4) is 0 Å². The summed E-state index contributed by atoms with van der Waals surface area (Å²) in [6.07, 6.45) is 5.50. The summed E-state index contributed by atoms with van der Waals surface area (Å²) < 4.78 is 7.97. The van der Waals surface area contributed by atoms with Crippen LogP contribution in [-0.4, -0.2) is 35.4 Å². The first-order valence-corrected chi connectivity index (χ1v) is 11.5. The molecule has 2 N–H and O–H groups in total. The second kappa shape index (κ2) is 10.7. The molecule has 0 spiro atoms. The number of aryl methyl sites for hydroxylation is 1. The van der Waals surface area contributed by atoms with Crippen molar-refractivity contribution >= 4 is 23.2 Å². The van der Waals surface area contributed by atoms with E-state index in [0.29, 0.717) is 11.6 Å². The first-order valence-electron chi connectivity index (χ1n) is 11.1. The van der Waals surface area contributed by atoms with Crippen LogP contribution in [0.15, 0.2) is 54.7 Å². The van der Waals surface area contributed by atoms with Crippen molar-refractivity contribution in [2.45, 2.75) is 25.7 Å². The second-order valence-electron chi connectivity index (χ2n) is 8.25. The number of aromatic nitrogens is 2. The number of rotatable bonds is 9. The Labute approximate surface area is 193 Å². The Hall–Kier alpha value is -2.83. The van der Waals surface area contributed by atoms with Crippen molar-refractivity contribution in [2.24, 2.45) is 13.0 Å². The molecule has 0 bridgehead atoms. The van der Waals surface area contributed by atoms with E-state index in [4.69, 9.17) is 16.3 Å². The fourth-order valence-corrected chi connectivity index (χ4v) is 4.21. The number of halogens is 1. The largest absolute Gasteiger partial charge is 0.493 e. The van der Waals surface area contributed by atoms with Gasteiger partial charge in [0.05, 0.1) is 18.7 Å². The summed E-state index contributed by atoms with van der Waals surface area (Å²) in [7, 11) is 1.90. The highest BCUT2D eigenvalue weighted by Crippen LogP contribution is 2.33. The van der Waals surface area contributed by atoms with Crippen LogP contribution in [-0.2, 0) is 18.3 Å². The van der Waals surface area contributed by atoms with Gasteiger partial charge < -0.3 is 15.4 Å². The van der Waals surface area contributed by atoms with Crippen molar-refractivity contribution in [1.29, 1.82) is 0 Å². The van der Waals surface area contributed by atoms with E-state index in [1.54, 1.807) is 18.3 Å². The number of carbonyl (C=O) groups is 1. The minimum atomic E-state index is -0.0814. The van der Waals surface area contributed by atoms with Crippen molar-refractivity contribution in [2.75, 3.05) is 25.0 Å². The van der Waals surface area contributed by atoms with Crippen LogP contribution in [0, 0.1) is 5.92 Å². The van der Waals surface area contributed by atoms with E-state index in [0.717, 1.165) is 53.7 Å². The Morgan fingerprint density at radius 2 is 2.09 bits per heavy atom. The van der Waals surface area contributed by atoms with Crippen LogP contribution >= 0.6 is 11.6 Å². The molecule has 0 saturated carbocycles. The summed E-state index contributed by atoms with van der Waals surface area (Å²) in [6, 6.07) is 15.0. The Kier molecular flexibility index (Phi) is 7.45. The molecular weight excluding hydrogens is 424 g/mol. The number of anilines is 1. The minimum absolute atomic E-state index is 0.0814. The molecule has 2 heterocycles. The molecule has 32 heavy (non-hydrogen) atoms. The summed E-state index contributed by atoms with van der Waals surface area (Å²) in [6.45, 7) is 2.91. The Balaban J connectivity index is 1.43. The maximum absolute atomic E-state index is 12.6. The molecule has 3 aromatic rings. The molecule has 1 unspecified atom stereocenters. The average molecular weight is 453 g/mol. The third-order valence-corrected chi connectivity index (χ3v) is 6.07. The number of nitrogens with zero attached hydrogens (tertiary/aromatic N) is 2. The highest BCUT2D eigenvalue weighted by atomic mass is 35.5. The van der Waals surface area contributed by atoms with Gasteiger partial charge in [-0.3, -0.25) is 9.48 Å². The zero-order chi connectivity index (χ0) is 22.3. The quantitative estimate of drug-likeness (QED) is 0.462. The standard InChI is InChI=1S/C25H29ClN4O2/c1-30-23(11-13-28-30)22-16-21(29-25(31)15-18-4-6-20(26)7-5-18)8-9-24(22)32-14-2-3-19-10-12-27-17-19/h4-9,11,13,16,19,27H,2-3,10,12,14-15,17H2,1H3,(H,29,31). The normalized spacial score (nSPS) is 15.6. The van der Waals surface area contributed by atoms with Gasteiger partial charge in [-0.2, -0.15) is 5.10 Å². The molecule has 6 nitrogen and oxygen atoms in total. The SMILES string of the molecule is Cn1nccc1-c1cc(NC(=O)Cc2ccc(Cl)cc2)ccc1OCCCC1CCNC1. The molecule has 7 heteroatoms. The molecule has 1 aromatic heterocycles. The summed E-state index contributed by atoms with van der Waals surface area (Å²) >= 11 is 5.93. The molecule has 2 aromatic carbocycles. The lowest BCUT2D eigenvalue weighted by molar-refractivity contribution is -0.115. The highest BCUT2D eigenvalue weighted by Gasteiger charge is 2.15. The zero-order valence-corrected chi connectivity index (χ0v) is 19.1. The fourth-order valence-electron chi connectivity index (χ4n) is 4.08. The van der Waals surface area contributed by atoms with E-state index in [1.807, 2.05) is 48.1 Å². The summed E-state index contributed by atoms with van der Waals surface area (Å²) in [5.41, 5.74) is 3.49. The van der Waals surface area contributed by atoms with Gasteiger partial charge in [0.25, 0.3) is 0 Å². The molecule has 4 rings (SSSR count). The van der Waals surface area contributed by atoms with Gasteiger partial charge in [0.2, 0.25) is 5.91 Å². The third-order valence-electron chi connectivity index (χ3n) is 5.81. The molecular formula is C25H29ClN4O2. The van der Waals surface area contributed by atoms with Crippen LogP contribution in [0.2, 0.25) is 5.02 Å². The predicted octanol–water partition coefficient (Wildman–Crippen LogP) is 4.69. The van der Waals surface area contributed by atoms with Crippen molar-refractivity contribution in [3.05, 3.63) is 65.3 Å². The first kappa shape index (κ1) is 22.4. The smallest absolute Gasteiger partial charge is 0.228 e. The number of carbonyl (C=O) groups excluding carboxylic acids is 1. The van der Waals surface area contributed by atoms with Crippen molar-refractivity contribution in [3.8, 4) is 17.0 Å². The van der Waals surface area contributed by atoms with E-state index < -0.39 is 0 Å². The molecule has 1 aliphatic rings. The lowest BCUT2D eigenvalue weighted by atomic mass is 10.0. The Morgan fingerprint density at radius 1 is 1.25 bits per heavy atom. The number of amides is 1. The number of nitrogens with one attached hydrogen (secondary N) is 2. The molecule has 1 saturated heterocycles. The lowest BCUT2D eigenvalue weighted by Gasteiger charge is -2.15. The average Bonchev–Trinajstić information content (AvgIpc) is 3.45. The fraction of sp³-hybridized carbons (Fsp3) is 0.360. The third kappa shape index (κ3) is 5.90. The van der Waals surface area contributed by atoms with E-state index in [1.165, 1.54) is 12.8 Å². The van der Waals surface area contributed by atoms with Gasteiger partial charge in [0.15, 0.2) is 0 Å². The monoisotopic (exact) mass is 452 g/mol. The van der Waals surface area contributed by atoms with Crippen molar-refractivity contribution < 1.29 is 9.53 Å². The van der Waals surface area contributed by atoms with Crippen LogP contribution in [0.1, 0.15) is 24.8 Å². The van der Waals surface area contributed by atoms with E-state index in [9.17, 15) is 4.79 Å². The zero-order valence-electron chi connectivity index (χ0n) is 18.3. The van der Waals surface area contributed by atoms with Gasteiger partial charge in [-0.05, 0) is 80.2 Å². The molecule has 1 fully saturated rings. The van der Waals surface area contributed by atoms with Gasteiger partial charge in [-0.15, -0.1) is 0 Å². The van der Waals surface area contributed by atoms with Crippen LogP contribution in [0.5, 0.6) is 5.75 Å². The van der Waals surface area contributed by atoms with Gasteiger partial charge in [0.1, 0.15) is 5.75 Å². The number of ether oxygens (including phenoxy) is 1. The lowest BCUT2D eigenvalue weighted by Crippen LogP contribution is -2.14. The Bertz CT molecular complexity index is 1040. The van der Waals surface area contributed by atoms with Crippen molar-refractivity contribution in [3.63, 3.8) is 0 Å². The highest BCUT2D eigenvalue weighted by molar-refractivity contribution is 6.30. The summed E-state index contributed by atoms with van der Waals surface area (Å²) in [5.74, 6) is 1.48. The predicted molar refractivity (Wildman–Crippen MR) is 128 cm³/mol. The maximum atomic E-state index is 12.6. The molecule has 1 amide bonds. The number of benzene rings is 2. The van der Waals surface area contributed by atoms with Gasteiger partial charge in [-0.25, -0.2) is 0 Å². The number of hydrogen-bond donors (Lipinski definition) is 2. The minimum Gasteiger partial charge on any atom is -0.493 e. The summed E-state index contributed by atoms with van der Waals surface area (Å²) in [4.78, 5) is 12.6. The van der Waals surface area contributed by atoms with Gasteiger partial charge in [0, 0.05) is 29.5 Å². The van der Waals surface area contributed by atoms with Crippen LogP contribution in [0.4, 0.5) is 5.69 Å². The van der Waals surface area contributed by atoms with E-state index >= 15 is 0 Å². The first-order chi connectivity index (χ1) is 15.6. The van der Waals surface area contributed by atoms with E-state index in [2.05, 4.69) is 15.7 Å². The molecule has 1 aliphatic heterocycles. The van der Waals surface area contributed by atoms with Crippen molar-refractivity contribution in [1.82, 2.24) is 15.1 Å². The molecule has 0 aliphatic carbocycles. The molecule has 168 valence electrons. The molecule has 1 atom stereocenters. The van der Waals surface area contributed by atoms with Crippen LogP contribution < -0.4 is 15.4 Å². The van der Waals surface area contributed by atoms with E-state index in [-0.39, 0.29) is 12.3 Å². The Morgan fingerprint density at radius 3 is 2.81 bits per heavy atom. The van der Waals surface area contributed by atoms with Crippen LogP contribution in [0.25, 0.3) is 11.3 Å². The number of hydrogen-bond acceptors (Lipinski definition) is 4. The van der Waals surface area contributed by atoms with Gasteiger partial charge >= 0.3 is 0 Å². The van der Waals surface area contributed by atoms with Gasteiger partial charge in [-0.1, -0.05) is 23.7 Å². The molecule has 0 radical (unpaired) electrons. The summed E-state index contributed by atoms with van der Waals surface area (Å²) in [5, 5.41) is 11.4. The topological polar surface area (TPSA) is 68.2 Å². The maximum Gasteiger partial charge on any atom is 0.228 e.